The van der Waals surface area contributed by atoms with Crippen molar-refractivity contribution in [2.24, 2.45) is 11.8 Å². The van der Waals surface area contributed by atoms with E-state index in [1.807, 2.05) is 60.4 Å². The van der Waals surface area contributed by atoms with Crippen molar-refractivity contribution in [1.82, 2.24) is 10.2 Å². The molecule has 2 amide bonds. The SMILES string of the molecule is Cc1ccc(C(=O)C2CCN(C(=O)c3ccc([C@@H]4C(=O)NCC4C)cc3)CC2)cc1. The molecule has 5 nitrogen and oxygen atoms in total. The fourth-order valence-electron chi connectivity index (χ4n) is 4.54. The van der Waals surface area contributed by atoms with Gasteiger partial charge in [0.2, 0.25) is 5.91 Å². The Morgan fingerprint density at radius 3 is 2.10 bits per heavy atom. The first-order chi connectivity index (χ1) is 14.4. The van der Waals surface area contributed by atoms with Crippen molar-refractivity contribution in [3.8, 4) is 0 Å². The molecule has 2 aliphatic rings. The monoisotopic (exact) mass is 404 g/mol. The first kappa shape index (κ1) is 20.3. The molecule has 2 aromatic carbocycles. The van der Waals surface area contributed by atoms with Crippen molar-refractivity contribution in [2.75, 3.05) is 19.6 Å². The van der Waals surface area contributed by atoms with Gasteiger partial charge in [0.25, 0.3) is 5.91 Å². The van der Waals surface area contributed by atoms with E-state index in [1.165, 1.54) is 0 Å². The molecule has 0 saturated carbocycles. The molecule has 1 unspecified atom stereocenters. The maximum Gasteiger partial charge on any atom is 0.253 e. The molecule has 0 bridgehead atoms. The molecular formula is C25H28N2O3. The molecule has 2 aliphatic heterocycles. The van der Waals surface area contributed by atoms with Gasteiger partial charge in [0.15, 0.2) is 5.78 Å². The summed E-state index contributed by atoms with van der Waals surface area (Å²) in [5, 5.41) is 2.89. The van der Waals surface area contributed by atoms with Gasteiger partial charge in [0, 0.05) is 36.7 Å². The lowest BCUT2D eigenvalue weighted by molar-refractivity contribution is -0.120. The highest BCUT2D eigenvalue weighted by molar-refractivity contribution is 5.98. The van der Waals surface area contributed by atoms with E-state index >= 15 is 0 Å². The molecular weight excluding hydrogens is 376 g/mol. The molecule has 2 fully saturated rings. The van der Waals surface area contributed by atoms with E-state index in [-0.39, 0.29) is 35.4 Å². The van der Waals surface area contributed by atoms with Gasteiger partial charge in [-0.1, -0.05) is 48.9 Å². The summed E-state index contributed by atoms with van der Waals surface area (Å²) >= 11 is 0. The second-order valence-corrected chi connectivity index (χ2v) is 8.62. The first-order valence-electron chi connectivity index (χ1n) is 10.7. The minimum Gasteiger partial charge on any atom is -0.355 e. The number of Topliss-reactive ketones (excluding diaryl/α,β-unsaturated/α-hetero) is 1. The molecule has 2 aromatic rings. The number of ketones is 1. The van der Waals surface area contributed by atoms with E-state index in [9.17, 15) is 14.4 Å². The molecule has 2 atom stereocenters. The molecule has 1 N–H and O–H groups in total. The molecule has 0 spiro atoms. The fraction of sp³-hybridized carbons (Fsp3) is 0.400. The number of piperidine rings is 1. The lowest BCUT2D eigenvalue weighted by Gasteiger charge is -2.31. The van der Waals surface area contributed by atoms with Crippen LogP contribution in [0.1, 0.15) is 57.5 Å². The molecule has 2 saturated heterocycles. The van der Waals surface area contributed by atoms with Crippen LogP contribution in [0.4, 0.5) is 0 Å². The van der Waals surface area contributed by atoms with E-state index in [4.69, 9.17) is 0 Å². The maximum absolute atomic E-state index is 12.9. The number of nitrogens with one attached hydrogen (secondary N) is 1. The van der Waals surface area contributed by atoms with Gasteiger partial charge < -0.3 is 10.2 Å². The quantitative estimate of drug-likeness (QED) is 0.792. The summed E-state index contributed by atoms with van der Waals surface area (Å²) in [6.45, 7) is 5.94. The third kappa shape index (κ3) is 4.02. The average Bonchev–Trinajstić information content (AvgIpc) is 3.11. The lowest BCUT2D eigenvalue weighted by Crippen LogP contribution is -2.40. The highest BCUT2D eigenvalue weighted by Gasteiger charge is 2.33. The number of carbonyl (C=O) groups is 3. The topological polar surface area (TPSA) is 66.5 Å². The normalized spacial score (nSPS) is 22.1. The Balaban J connectivity index is 1.36. The second kappa shape index (κ2) is 8.42. The number of benzene rings is 2. The Hall–Kier alpha value is -2.95. The summed E-state index contributed by atoms with van der Waals surface area (Å²) in [7, 11) is 0. The van der Waals surface area contributed by atoms with Crippen LogP contribution in [0.25, 0.3) is 0 Å². The van der Waals surface area contributed by atoms with Gasteiger partial charge in [-0.15, -0.1) is 0 Å². The second-order valence-electron chi connectivity index (χ2n) is 8.62. The van der Waals surface area contributed by atoms with E-state index in [0.717, 1.165) is 16.7 Å². The predicted octanol–water partition coefficient (Wildman–Crippen LogP) is 3.58. The van der Waals surface area contributed by atoms with E-state index in [0.29, 0.717) is 38.0 Å². The molecule has 0 aromatic heterocycles. The van der Waals surface area contributed by atoms with Crippen LogP contribution in [-0.4, -0.2) is 42.1 Å². The third-order valence-electron chi connectivity index (χ3n) is 6.46. The molecule has 2 heterocycles. The minimum atomic E-state index is -0.141. The zero-order valence-electron chi connectivity index (χ0n) is 17.6. The van der Waals surface area contributed by atoms with Crippen LogP contribution >= 0.6 is 0 Å². The van der Waals surface area contributed by atoms with E-state index in [1.54, 1.807) is 0 Å². The van der Waals surface area contributed by atoms with Crippen LogP contribution in [-0.2, 0) is 4.79 Å². The number of nitrogens with zero attached hydrogens (tertiary/aromatic N) is 1. The Morgan fingerprint density at radius 2 is 1.53 bits per heavy atom. The Morgan fingerprint density at radius 1 is 0.933 bits per heavy atom. The molecule has 156 valence electrons. The Kier molecular flexibility index (Phi) is 5.71. The van der Waals surface area contributed by atoms with Gasteiger partial charge in [0.05, 0.1) is 5.92 Å². The highest BCUT2D eigenvalue weighted by atomic mass is 16.2. The Bertz CT molecular complexity index is 941. The largest absolute Gasteiger partial charge is 0.355 e. The zero-order valence-corrected chi connectivity index (χ0v) is 17.6. The van der Waals surface area contributed by atoms with Crippen molar-refractivity contribution >= 4 is 17.6 Å². The van der Waals surface area contributed by atoms with Crippen molar-refractivity contribution in [2.45, 2.75) is 32.6 Å². The number of likely N-dealkylation sites (tertiary alicyclic amines) is 1. The first-order valence-corrected chi connectivity index (χ1v) is 10.7. The van der Waals surface area contributed by atoms with Crippen molar-refractivity contribution < 1.29 is 14.4 Å². The minimum absolute atomic E-state index is 0.00768. The van der Waals surface area contributed by atoms with Crippen molar-refractivity contribution in [1.29, 1.82) is 0 Å². The summed E-state index contributed by atoms with van der Waals surface area (Å²) in [5.41, 5.74) is 3.48. The number of hydrogen-bond donors (Lipinski definition) is 1. The van der Waals surface area contributed by atoms with Gasteiger partial charge in [0.1, 0.15) is 0 Å². The van der Waals surface area contributed by atoms with Crippen LogP contribution in [0.3, 0.4) is 0 Å². The number of amides is 2. The fourth-order valence-corrected chi connectivity index (χ4v) is 4.54. The summed E-state index contributed by atoms with van der Waals surface area (Å²) < 4.78 is 0. The van der Waals surface area contributed by atoms with Crippen LogP contribution in [0, 0.1) is 18.8 Å². The van der Waals surface area contributed by atoms with Gasteiger partial charge in [-0.2, -0.15) is 0 Å². The predicted molar refractivity (Wildman–Crippen MR) is 115 cm³/mol. The standard InChI is InChI=1S/C25H28N2O3/c1-16-3-5-19(6-4-16)23(28)20-11-13-27(14-12-20)25(30)21-9-7-18(8-10-21)22-17(2)15-26-24(22)29/h3-10,17,20,22H,11-15H2,1-2H3,(H,26,29)/t17?,22-/m1/s1. The number of hydrogen-bond acceptors (Lipinski definition) is 3. The molecule has 0 aliphatic carbocycles. The number of carbonyl (C=O) groups excluding carboxylic acids is 3. The maximum atomic E-state index is 12.9. The van der Waals surface area contributed by atoms with Crippen molar-refractivity contribution in [3.63, 3.8) is 0 Å². The van der Waals surface area contributed by atoms with E-state index in [2.05, 4.69) is 12.2 Å². The summed E-state index contributed by atoms with van der Waals surface area (Å²) in [6.07, 6.45) is 1.38. The molecule has 4 rings (SSSR count). The Labute approximate surface area is 177 Å². The van der Waals surface area contributed by atoms with Gasteiger partial charge >= 0.3 is 0 Å². The molecule has 5 heteroatoms. The summed E-state index contributed by atoms with van der Waals surface area (Å²) in [4.78, 5) is 39.5. The van der Waals surface area contributed by atoms with E-state index < -0.39 is 0 Å². The molecule has 30 heavy (non-hydrogen) atoms. The third-order valence-corrected chi connectivity index (χ3v) is 6.46. The van der Waals surface area contributed by atoms with Crippen LogP contribution in [0.5, 0.6) is 0 Å². The summed E-state index contributed by atoms with van der Waals surface area (Å²) in [6, 6.07) is 15.1. The zero-order chi connectivity index (χ0) is 21.3. The highest BCUT2D eigenvalue weighted by Crippen LogP contribution is 2.29. The number of aryl methyl sites for hydroxylation is 1. The summed E-state index contributed by atoms with van der Waals surface area (Å²) in [5.74, 6) is 0.312. The van der Waals surface area contributed by atoms with Crippen LogP contribution in [0.15, 0.2) is 48.5 Å². The number of rotatable bonds is 4. The van der Waals surface area contributed by atoms with Gasteiger partial charge in [-0.05, 0) is 43.4 Å². The van der Waals surface area contributed by atoms with Crippen LogP contribution in [0.2, 0.25) is 0 Å². The average molecular weight is 405 g/mol. The van der Waals surface area contributed by atoms with Crippen LogP contribution < -0.4 is 5.32 Å². The van der Waals surface area contributed by atoms with Crippen molar-refractivity contribution in [3.05, 3.63) is 70.8 Å². The van der Waals surface area contributed by atoms with Gasteiger partial charge in [-0.25, -0.2) is 0 Å². The lowest BCUT2D eigenvalue weighted by atomic mass is 9.88. The molecule has 0 radical (unpaired) electrons. The van der Waals surface area contributed by atoms with Gasteiger partial charge in [-0.3, -0.25) is 14.4 Å². The smallest absolute Gasteiger partial charge is 0.253 e.